The Kier molecular flexibility index (Phi) is 4.88. The number of carbonyl (C=O) groups is 1. The van der Waals surface area contributed by atoms with Gasteiger partial charge in [0.1, 0.15) is 5.82 Å². The molecule has 0 radical (unpaired) electrons. The summed E-state index contributed by atoms with van der Waals surface area (Å²) in [6, 6.07) is 10.4. The van der Waals surface area contributed by atoms with E-state index in [-0.39, 0.29) is 16.5 Å². The third kappa shape index (κ3) is 3.66. The molecule has 0 aliphatic rings. The van der Waals surface area contributed by atoms with Crippen LogP contribution in [0, 0.1) is 17.0 Å². The van der Waals surface area contributed by atoms with Crippen molar-refractivity contribution in [1.29, 1.82) is 0 Å². The highest BCUT2D eigenvalue weighted by Crippen LogP contribution is 2.25. The maximum Gasteiger partial charge on any atom is 0.295 e. The number of aromatic nitrogens is 3. The summed E-state index contributed by atoms with van der Waals surface area (Å²) in [5.41, 5.74) is 0.886. The van der Waals surface area contributed by atoms with Gasteiger partial charge in [-0.1, -0.05) is 23.2 Å². The number of rotatable bonds is 4. The first-order chi connectivity index (χ1) is 12.3. The minimum atomic E-state index is -0.544. The van der Waals surface area contributed by atoms with Gasteiger partial charge in [0.15, 0.2) is 0 Å². The van der Waals surface area contributed by atoms with E-state index in [0.29, 0.717) is 22.2 Å². The number of benzene rings is 2. The van der Waals surface area contributed by atoms with Crippen molar-refractivity contribution in [3.63, 3.8) is 0 Å². The van der Waals surface area contributed by atoms with E-state index in [0.717, 1.165) is 0 Å². The van der Waals surface area contributed by atoms with Crippen LogP contribution in [0.3, 0.4) is 0 Å². The van der Waals surface area contributed by atoms with Gasteiger partial charge in [0.25, 0.3) is 11.6 Å². The van der Waals surface area contributed by atoms with Gasteiger partial charge in [0, 0.05) is 17.2 Å². The zero-order valence-electron chi connectivity index (χ0n) is 13.3. The monoisotopic (exact) mass is 391 g/mol. The van der Waals surface area contributed by atoms with Crippen molar-refractivity contribution in [2.75, 3.05) is 5.32 Å². The largest absolute Gasteiger partial charge is 0.318 e. The summed E-state index contributed by atoms with van der Waals surface area (Å²) < 4.78 is 1.42. The standard InChI is InChI=1S/C16H11Cl2N5O3/c1-9-19-15(16(24)20-14-7-2-10(17)8-13(14)18)21-22(9)11-3-5-12(6-4-11)23(25)26/h2-8H,1H3,(H,20,24). The summed E-state index contributed by atoms with van der Waals surface area (Å²) >= 11 is 11.9. The van der Waals surface area contributed by atoms with Crippen molar-refractivity contribution >= 4 is 40.5 Å². The van der Waals surface area contributed by atoms with Gasteiger partial charge in [0.05, 0.1) is 21.3 Å². The zero-order valence-corrected chi connectivity index (χ0v) is 14.8. The summed E-state index contributed by atoms with van der Waals surface area (Å²) in [7, 11) is 0. The number of hydrogen-bond donors (Lipinski definition) is 1. The number of nitrogens with one attached hydrogen (secondary N) is 1. The van der Waals surface area contributed by atoms with Crippen molar-refractivity contribution in [2.24, 2.45) is 0 Å². The maximum absolute atomic E-state index is 12.4. The van der Waals surface area contributed by atoms with Crippen LogP contribution >= 0.6 is 23.2 Å². The van der Waals surface area contributed by atoms with Crippen LogP contribution in [0.2, 0.25) is 10.0 Å². The van der Waals surface area contributed by atoms with Gasteiger partial charge in [-0.15, -0.1) is 5.10 Å². The molecule has 3 rings (SSSR count). The van der Waals surface area contributed by atoms with Crippen LogP contribution < -0.4 is 5.32 Å². The molecule has 2 aromatic carbocycles. The van der Waals surface area contributed by atoms with Crippen LogP contribution in [0.5, 0.6) is 0 Å². The Morgan fingerprint density at radius 3 is 2.50 bits per heavy atom. The molecule has 1 N–H and O–H groups in total. The molecule has 8 nitrogen and oxygen atoms in total. The number of anilines is 1. The summed E-state index contributed by atoms with van der Waals surface area (Å²) in [6.45, 7) is 1.67. The predicted molar refractivity (Wildman–Crippen MR) is 97.2 cm³/mol. The number of hydrogen-bond acceptors (Lipinski definition) is 5. The fourth-order valence-electron chi connectivity index (χ4n) is 2.22. The van der Waals surface area contributed by atoms with Gasteiger partial charge < -0.3 is 5.32 Å². The van der Waals surface area contributed by atoms with Gasteiger partial charge in [-0.3, -0.25) is 14.9 Å². The fourth-order valence-corrected chi connectivity index (χ4v) is 2.67. The van der Waals surface area contributed by atoms with Gasteiger partial charge in [0.2, 0.25) is 5.82 Å². The van der Waals surface area contributed by atoms with E-state index in [2.05, 4.69) is 15.4 Å². The predicted octanol–water partition coefficient (Wildman–Crippen LogP) is 4.04. The lowest BCUT2D eigenvalue weighted by Crippen LogP contribution is -2.14. The highest BCUT2D eigenvalue weighted by molar-refractivity contribution is 6.36. The quantitative estimate of drug-likeness (QED) is 0.533. The highest BCUT2D eigenvalue weighted by atomic mass is 35.5. The Hall–Kier alpha value is -2.97. The lowest BCUT2D eigenvalue weighted by atomic mass is 10.3. The molecule has 0 aliphatic heterocycles. The molecule has 0 saturated carbocycles. The van der Waals surface area contributed by atoms with E-state index >= 15 is 0 Å². The Labute approximate surface area is 157 Å². The van der Waals surface area contributed by atoms with Crippen molar-refractivity contribution in [2.45, 2.75) is 6.92 Å². The third-order valence-electron chi connectivity index (χ3n) is 3.46. The molecule has 0 fully saturated rings. The Bertz CT molecular complexity index is 1000. The molecule has 132 valence electrons. The van der Waals surface area contributed by atoms with Gasteiger partial charge in [-0.05, 0) is 37.3 Å². The van der Waals surface area contributed by atoms with Crippen molar-refractivity contribution in [3.05, 3.63) is 74.3 Å². The Balaban J connectivity index is 1.85. The van der Waals surface area contributed by atoms with Crippen molar-refractivity contribution < 1.29 is 9.72 Å². The smallest absolute Gasteiger partial charge is 0.295 e. The zero-order chi connectivity index (χ0) is 18.8. The fraction of sp³-hybridized carbons (Fsp3) is 0.0625. The Morgan fingerprint density at radius 1 is 1.19 bits per heavy atom. The topological polar surface area (TPSA) is 103 Å². The van der Waals surface area contributed by atoms with E-state index in [1.165, 1.54) is 35.0 Å². The second-order valence-electron chi connectivity index (χ2n) is 5.25. The molecular formula is C16H11Cl2N5O3. The lowest BCUT2D eigenvalue weighted by molar-refractivity contribution is -0.384. The molecule has 0 atom stereocenters. The average molecular weight is 392 g/mol. The molecule has 1 heterocycles. The lowest BCUT2D eigenvalue weighted by Gasteiger charge is -2.05. The number of non-ortho nitro benzene ring substituents is 1. The molecule has 0 unspecified atom stereocenters. The van der Waals surface area contributed by atoms with Gasteiger partial charge in [-0.2, -0.15) is 0 Å². The summed E-state index contributed by atoms with van der Waals surface area (Å²) in [5.74, 6) is -0.156. The number of halogens is 2. The molecule has 26 heavy (non-hydrogen) atoms. The molecule has 0 bridgehead atoms. The first-order valence-electron chi connectivity index (χ1n) is 7.30. The molecule has 0 saturated heterocycles. The summed E-state index contributed by atoms with van der Waals surface area (Å²) in [4.78, 5) is 26.7. The minimum Gasteiger partial charge on any atom is -0.318 e. The first-order valence-corrected chi connectivity index (χ1v) is 8.05. The number of nitrogens with zero attached hydrogens (tertiary/aromatic N) is 4. The van der Waals surface area contributed by atoms with E-state index < -0.39 is 10.8 Å². The van der Waals surface area contributed by atoms with E-state index in [4.69, 9.17) is 23.2 Å². The van der Waals surface area contributed by atoms with Crippen molar-refractivity contribution in [1.82, 2.24) is 14.8 Å². The van der Waals surface area contributed by atoms with E-state index in [9.17, 15) is 14.9 Å². The molecule has 3 aromatic rings. The minimum absolute atomic E-state index is 0.0399. The second-order valence-corrected chi connectivity index (χ2v) is 6.09. The molecule has 10 heteroatoms. The molecular weight excluding hydrogens is 381 g/mol. The van der Waals surface area contributed by atoms with Crippen molar-refractivity contribution in [3.8, 4) is 5.69 Å². The second kappa shape index (κ2) is 7.11. The van der Waals surface area contributed by atoms with Crippen LogP contribution in [-0.4, -0.2) is 25.6 Å². The number of nitro groups is 1. The third-order valence-corrected chi connectivity index (χ3v) is 4.00. The molecule has 1 aromatic heterocycles. The van der Waals surface area contributed by atoms with Gasteiger partial charge in [-0.25, -0.2) is 9.67 Å². The number of amides is 1. The summed E-state index contributed by atoms with van der Waals surface area (Å²) in [5, 5.41) is 18.2. The maximum atomic E-state index is 12.4. The molecule has 0 aliphatic carbocycles. The van der Waals surface area contributed by atoms with Crippen LogP contribution in [0.25, 0.3) is 5.69 Å². The first kappa shape index (κ1) is 17.8. The van der Waals surface area contributed by atoms with Crippen LogP contribution in [0.1, 0.15) is 16.4 Å². The number of nitro benzene ring substituents is 1. The van der Waals surface area contributed by atoms with Crippen LogP contribution in [0.15, 0.2) is 42.5 Å². The molecule has 0 spiro atoms. The molecule has 1 amide bonds. The van der Waals surface area contributed by atoms with Crippen LogP contribution in [0.4, 0.5) is 11.4 Å². The van der Waals surface area contributed by atoms with Gasteiger partial charge >= 0.3 is 0 Å². The number of carbonyl (C=O) groups excluding carboxylic acids is 1. The number of aryl methyl sites for hydroxylation is 1. The SMILES string of the molecule is Cc1nc(C(=O)Nc2ccc(Cl)cc2Cl)nn1-c1ccc([N+](=O)[O-])cc1. The van der Waals surface area contributed by atoms with E-state index in [1.54, 1.807) is 19.1 Å². The summed E-state index contributed by atoms with van der Waals surface area (Å²) in [6.07, 6.45) is 0. The van der Waals surface area contributed by atoms with Crippen LogP contribution in [-0.2, 0) is 0 Å². The Morgan fingerprint density at radius 2 is 1.88 bits per heavy atom. The normalized spacial score (nSPS) is 10.6. The average Bonchev–Trinajstić information content (AvgIpc) is 2.99. The highest BCUT2D eigenvalue weighted by Gasteiger charge is 2.17. The van der Waals surface area contributed by atoms with E-state index in [1.807, 2.05) is 0 Å².